The number of hydrogen-bond acceptors (Lipinski definition) is 2. The van der Waals surface area contributed by atoms with Crippen molar-refractivity contribution in [3.8, 4) is 0 Å². The first-order valence-electron chi connectivity index (χ1n) is 6.11. The summed E-state index contributed by atoms with van der Waals surface area (Å²) in [6, 6.07) is 0.304. The van der Waals surface area contributed by atoms with Crippen LogP contribution in [0.25, 0.3) is 0 Å². The second kappa shape index (κ2) is 6.83. The maximum Gasteiger partial charge on any atom is 0.246 e. The SMILES string of the molecule is CCOCC(=O)N[C@@H](C)C1CCCCC1. The van der Waals surface area contributed by atoms with Gasteiger partial charge in [-0.3, -0.25) is 4.79 Å². The quantitative estimate of drug-likeness (QED) is 0.759. The lowest BCUT2D eigenvalue weighted by Crippen LogP contribution is -2.40. The first-order valence-corrected chi connectivity index (χ1v) is 6.11. The highest BCUT2D eigenvalue weighted by Gasteiger charge is 2.21. The molecule has 1 aliphatic rings. The van der Waals surface area contributed by atoms with Crippen LogP contribution in [0.4, 0.5) is 0 Å². The largest absolute Gasteiger partial charge is 0.372 e. The van der Waals surface area contributed by atoms with Crippen molar-refractivity contribution in [1.29, 1.82) is 0 Å². The van der Waals surface area contributed by atoms with E-state index in [0.29, 0.717) is 18.6 Å². The Balaban J connectivity index is 2.21. The van der Waals surface area contributed by atoms with E-state index >= 15 is 0 Å². The van der Waals surface area contributed by atoms with Crippen molar-refractivity contribution in [2.24, 2.45) is 5.92 Å². The summed E-state index contributed by atoms with van der Waals surface area (Å²) in [5.41, 5.74) is 0. The Labute approximate surface area is 92.6 Å². The molecule has 0 heterocycles. The van der Waals surface area contributed by atoms with Crippen LogP contribution in [0, 0.1) is 5.92 Å². The van der Waals surface area contributed by atoms with Gasteiger partial charge in [0.15, 0.2) is 0 Å². The van der Waals surface area contributed by atoms with Crippen LogP contribution in [0.3, 0.4) is 0 Å². The molecule has 0 radical (unpaired) electrons. The molecule has 1 aliphatic carbocycles. The topological polar surface area (TPSA) is 38.3 Å². The molecule has 88 valence electrons. The van der Waals surface area contributed by atoms with Gasteiger partial charge in [-0.25, -0.2) is 0 Å². The third-order valence-electron chi connectivity index (χ3n) is 3.18. The fraction of sp³-hybridized carbons (Fsp3) is 0.917. The fourth-order valence-corrected chi connectivity index (χ4v) is 2.24. The maximum atomic E-state index is 11.4. The average molecular weight is 213 g/mol. The van der Waals surface area contributed by atoms with Gasteiger partial charge in [0.25, 0.3) is 0 Å². The van der Waals surface area contributed by atoms with Crippen LogP contribution in [0.5, 0.6) is 0 Å². The lowest BCUT2D eigenvalue weighted by molar-refractivity contribution is -0.126. The maximum absolute atomic E-state index is 11.4. The summed E-state index contributed by atoms with van der Waals surface area (Å²) in [6.07, 6.45) is 6.51. The molecular formula is C12H23NO2. The first-order chi connectivity index (χ1) is 7.24. The van der Waals surface area contributed by atoms with Crippen LogP contribution in [-0.4, -0.2) is 25.2 Å². The molecule has 0 spiro atoms. The number of carbonyl (C=O) groups excluding carboxylic acids is 1. The highest BCUT2D eigenvalue weighted by molar-refractivity contribution is 5.77. The zero-order valence-electron chi connectivity index (χ0n) is 9.92. The molecule has 1 saturated carbocycles. The van der Waals surface area contributed by atoms with Crippen molar-refractivity contribution in [2.75, 3.05) is 13.2 Å². The van der Waals surface area contributed by atoms with Gasteiger partial charge in [0.2, 0.25) is 5.91 Å². The molecule has 0 aromatic heterocycles. The predicted molar refractivity (Wildman–Crippen MR) is 60.7 cm³/mol. The van der Waals surface area contributed by atoms with E-state index in [0.717, 1.165) is 0 Å². The highest BCUT2D eigenvalue weighted by atomic mass is 16.5. The summed E-state index contributed by atoms with van der Waals surface area (Å²) >= 11 is 0. The molecule has 0 bridgehead atoms. The number of hydrogen-bond donors (Lipinski definition) is 1. The molecule has 1 N–H and O–H groups in total. The highest BCUT2D eigenvalue weighted by Crippen LogP contribution is 2.26. The lowest BCUT2D eigenvalue weighted by Gasteiger charge is -2.28. The number of ether oxygens (including phenoxy) is 1. The van der Waals surface area contributed by atoms with Gasteiger partial charge in [-0.15, -0.1) is 0 Å². The third-order valence-corrected chi connectivity index (χ3v) is 3.18. The minimum absolute atomic E-state index is 0.0231. The van der Waals surface area contributed by atoms with Crippen LogP contribution in [0.1, 0.15) is 46.0 Å². The summed E-state index contributed by atoms with van der Waals surface area (Å²) in [7, 11) is 0. The molecule has 15 heavy (non-hydrogen) atoms. The van der Waals surface area contributed by atoms with Crippen molar-refractivity contribution in [1.82, 2.24) is 5.32 Å². The van der Waals surface area contributed by atoms with Gasteiger partial charge in [-0.1, -0.05) is 19.3 Å². The van der Waals surface area contributed by atoms with Crippen molar-refractivity contribution in [3.63, 3.8) is 0 Å². The molecule has 0 aliphatic heterocycles. The third kappa shape index (κ3) is 4.65. The minimum atomic E-state index is 0.0231. The summed E-state index contributed by atoms with van der Waals surface area (Å²) in [5.74, 6) is 0.694. The van der Waals surface area contributed by atoms with Crippen LogP contribution in [0.2, 0.25) is 0 Å². The Kier molecular flexibility index (Phi) is 5.69. The molecule has 3 nitrogen and oxygen atoms in total. The second-order valence-corrected chi connectivity index (χ2v) is 4.39. The molecule has 1 fully saturated rings. The van der Waals surface area contributed by atoms with E-state index in [1.807, 2.05) is 6.92 Å². The predicted octanol–water partition coefficient (Wildman–Crippen LogP) is 2.11. The number of rotatable bonds is 5. The molecule has 1 rings (SSSR count). The van der Waals surface area contributed by atoms with E-state index in [1.54, 1.807) is 0 Å². The molecular weight excluding hydrogens is 190 g/mol. The number of nitrogens with one attached hydrogen (secondary N) is 1. The second-order valence-electron chi connectivity index (χ2n) is 4.39. The summed E-state index contributed by atoms with van der Waals surface area (Å²) in [4.78, 5) is 11.4. The van der Waals surface area contributed by atoms with Crippen LogP contribution < -0.4 is 5.32 Å². The van der Waals surface area contributed by atoms with E-state index in [1.165, 1.54) is 32.1 Å². The van der Waals surface area contributed by atoms with Crippen LogP contribution in [0.15, 0.2) is 0 Å². The summed E-state index contributed by atoms with van der Waals surface area (Å²) < 4.78 is 5.07. The summed E-state index contributed by atoms with van der Waals surface area (Å²) in [5, 5.41) is 3.02. The van der Waals surface area contributed by atoms with Crippen molar-refractivity contribution >= 4 is 5.91 Å². The van der Waals surface area contributed by atoms with Gasteiger partial charge >= 0.3 is 0 Å². The molecule has 0 unspecified atom stereocenters. The standard InChI is InChI=1S/C12H23NO2/c1-3-15-9-12(14)13-10(2)11-7-5-4-6-8-11/h10-11H,3-9H2,1-2H3,(H,13,14)/t10-/m0/s1. The van der Waals surface area contributed by atoms with Crippen LogP contribution in [-0.2, 0) is 9.53 Å². The molecule has 0 saturated heterocycles. The Morgan fingerprint density at radius 3 is 2.67 bits per heavy atom. The number of carbonyl (C=O) groups is 1. The van der Waals surface area contributed by atoms with E-state index in [2.05, 4.69) is 12.2 Å². The molecule has 3 heteroatoms. The number of amides is 1. The van der Waals surface area contributed by atoms with Gasteiger partial charge in [0.05, 0.1) is 0 Å². The van der Waals surface area contributed by atoms with Gasteiger partial charge in [0, 0.05) is 12.6 Å². The molecule has 1 atom stereocenters. The van der Waals surface area contributed by atoms with E-state index < -0.39 is 0 Å². The Hall–Kier alpha value is -0.570. The fourth-order valence-electron chi connectivity index (χ4n) is 2.24. The van der Waals surface area contributed by atoms with Gasteiger partial charge in [-0.05, 0) is 32.6 Å². The minimum Gasteiger partial charge on any atom is -0.372 e. The Morgan fingerprint density at radius 2 is 2.07 bits per heavy atom. The average Bonchev–Trinajstić information content (AvgIpc) is 2.27. The zero-order valence-corrected chi connectivity index (χ0v) is 9.92. The van der Waals surface area contributed by atoms with Crippen molar-refractivity contribution in [3.05, 3.63) is 0 Å². The monoisotopic (exact) mass is 213 g/mol. The van der Waals surface area contributed by atoms with E-state index in [-0.39, 0.29) is 12.5 Å². The first kappa shape index (κ1) is 12.5. The van der Waals surface area contributed by atoms with Crippen molar-refractivity contribution in [2.45, 2.75) is 52.0 Å². The Morgan fingerprint density at radius 1 is 1.40 bits per heavy atom. The molecule has 0 aromatic carbocycles. The zero-order chi connectivity index (χ0) is 11.1. The smallest absolute Gasteiger partial charge is 0.246 e. The normalized spacial score (nSPS) is 19.9. The van der Waals surface area contributed by atoms with Gasteiger partial charge in [0.1, 0.15) is 6.61 Å². The van der Waals surface area contributed by atoms with E-state index in [4.69, 9.17) is 4.74 Å². The van der Waals surface area contributed by atoms with Crippen molar-refractivity contribution < 1.29 is 9.53 Å². The van der Waals surface area contributed by atoms with E-state index in [9.17, 15) is 4.79 Å². The van der Waals surface area contributed by atoms with Crippen LogP contribution >= 0.6 is 0 Å². The molecule has 0 aromatic rings. The van der Waals surface area contributed by atoms with Gasteiger partial charge < -0.3 is 10.1 Å². The Bertz CT molecular complexity index is 188. The lowest BCUT2D eigenvalue weighted by atomic mass is 9.84. The summed E-state index contributed by atoms with van der Waals surface area (Å²) in [6.45, 7) is 4.82. The van der Waals surface area contributed by atoms with Gasteiger partial charge in [-0.2, -0.15) is 0 Å². The molecule has 1 amide bonds.